The molecular weight excluding hydrogens is 1550 g/mol. The number of benzene rings is 4. The number of aliphatic hydroxyl groups is 1. The van der Waals surface area contributed by atoms with Crippen molar-refractivity contribution in [3.05, 3.63) is 142 Å². The van der Waals surface area contributed by atoms with E-state index in [0.717, 1.165) is 250 Å². The first-order valence-electron chi connectivity index (χ1n) is 49.9. The Kier molecular flexibility index (Phi) is 38.2. The predicted octanol–water partition coefficient (Wildman–Crippen LogP) is 13.2. The average molecular weight is 1710 g/mol. The van der Waals surface area contributed by atoms with E-state index in [2.05, 4.69) is 175 Å². The number of carbonyl (C=O) groups excluding carboxylic acids is 2. The first kappa shape index (κ1) is 94.9. The Morgan fingerprint density at radius 2 is 0.552 bits per heavy atom. The number of fused-ring (bicyclic) bond motifs is 8. The molecule has 8 aliphatic rings. The minimum absolute atomic E-state index is 0.0212. The third-order valence-electron chi connectivity index (χ3n) is 28.7. The Morgan fingerprint density at radius 3 is 0.840 bits per heavy atom. The van der Waals surface area contributed by atoms with Crippen LogP contribution in [-0.2, 0) is 96.6 Å². The summed E-state index contributed by atoms with van der Waals surface area (Å²) in [6, 6.07) is 34.7. The number of esters is 2. The summed E-state index contributed by atoms with van der Waals surface area (Å²) >= 11 is 0. The molecule has 682 valence electrons. The molecule has 4 aromatic carbocycles. The van der Waals surface area contributed by atoms with Gasteiger partial charge in [-0.1, -0.05) is 120 Å². The van der Waals surface area contributed by atoms with Crippen LogP contribution >= 0.6 is 0 Å². The maximum atomic E-state index is 12.0. The molecule has 9 N–H and O–H groups in total. The lowest BCUT2D eigenvalue weighted by Gasteiger charge is -2.34. The Morgan fingerprint density at radius 1 is 0.312 bits per heavy atom. The smallest absolute Gasteiger partial charge is 0.305 e. The number of anilines is 4. The van der Waals surface area contributed by atoms with Crippen molar-refractivity contribution < 1.29 is 42.4 Å². The molecule has 4 aliphatic heterocycles. The molecule has 125 heavy (non-hydrogen) atoms. The molecule has 21 heteroatoms. The van der Waals surface area contributed by atoms with Gasteiger partial charge in [-0.25, -0.2) is 0 Å². The van der Waals surface area contributed by atoms with Gasteiger partial charge in [0.1, 0.15) is 13.2 Å². The number of aryl methyl sites for hydroxylation is 4. The fourth-order valence-corrected chi connectivity index (χ4v) is 21.3. The summed E-state index contributed by atoms with van der Waals surface area (Å²) in [4.78, 5) is 43.9. The number of unbranched alkanes of at least 4 members (excludes halogenated alkanes) is 9. The molecule has 0 saturated carbocycles. The van der Waals surface area contributed by atoms with Crippen LogP contribution in [0.2, 0.25) is 0 Å². The highest BCUT2D eigenvalue weighted by Gasteiger charge is 2.33. The van der Waals surface area contributed by atoms with Crippen molar-refractivity contribution in [2.24, 2.45) is 0 Å². The molecule has 8 heterocycles. The van der Waals surface area contributed by atoms with Crippen molar-refractivity contribution in [2.75, 3.05) is 200 Å². The molecule has 4 fully saturated rings. The fraction of sp³-hybridized carbons (Fsp3) is 0.635. The van der Waals surface area contributed by atoms with Crippen LogP contribution in [0.1, 0.15) is 219 Å². The first-order valence-corrected chi connectivity index (χ1v) is 49.9. The highest BCUT2D eigenvalue weighted by atomic mass is 16.5. The van der Waals surface area contributed by atoms with Gasteiger partial charge < -0.3 is 62.0 Å². The SMILES string of the molecule is CCCCCCC(=O)OCCN1CCN(CCC[n+]2c3c(c(N)c4ccccc42)CCCC3)CC1.CCCCCCCCCC(=O)OCCN1CCN(CCC[n+]2c3c(c(N)c4ccccc42)CCCC3)CC1.CN1CCN(CCC[n+]2c3c(c(N)c4ccccc42)CCCC3)CC1.Nc1c2c([n+](CCCN3CCN(CCO)CC3)c3ccccc13)CCCC2. The van der Waals surface area contributed by atoms with Crippen LogP contribution < -0.4 is 41.2 Å². The molecule has 4 saturated heterocycles. The number of likely N-dealkylation sites (N-methyl/N-ethyl adjacent to an activating group) is 1. The number of hydrogen-bond acceptors (Lipinski definition) is 17. The van der Waals surface area contributed by atoms with Crippen molar-refractivity contribution >= 4 is 78.3 Å². The number of para-hydroxylation sites is 4. The molecular formula is C104H160N16O5+4. The van der Waals surface area contributed by atoms with Gasteiger partial charge in [0.25, 0.3) is 0 Å². The van der Waals surface area contributed by atoms with Crippen molar-refractivity contribution in [1.29, 1.82) is 0 Å². The summed E-state index contributed by atoms with van der Waals surface area (Å²) < 4.78 is 21.2. The summed E-state index contributed by atoms with van der Waals surface area (Å²) in [5.74, 6) is -0.0540. The third kappa shape index (κ3) is 26.8. The Hall–Kier alpha value is -7.70. The maximum absolute atomic E-state index is 12.0. The number of nitrogen functional groups attached to an aromatic ring is 4. The summed E-state index contributed by atoms with van der Waals surface area (Å²) in [5, 5.41) is 14.0. The van der Waals surface area contributed by atoms with E-state index < -0.39 is 0 Å². The summed E-state index contributed by atoms with van der Waals surface area (Å²) in [6.45, 7) is 35.0. The fourth-order valence-electron chi connectivity index (χ4n) is 21.3. The number of aliphatic hydroxyl groups excluding tert-OH is 1. The number of carbonyl (C=O) groups is 2. The molecule has 21 nitrogen and oxygen atoms in total. The number of nitrogens with two attached hydrogens (primary N) is 4. The molecule has 0 spiro atoms. The molecule has 0 unspecified atom stereocenters. The normalized spacial score (nSPS) is 17.7. The van der Waals surface area contributed by atoms with Crippen LogP contribution in [0.3, 0.4) is 0 Å². The van der Waals surface area contributed by atoms with Gasteiger partial charge in [-0.2, -0.15) is 18.3 Å². The Labute approximate surface area is 750 Å². The third-order valence-corrected chi connectivity index (χ3v) is 28.7. The number of hydrogen-bond donors (Lipinski definition) is 5. The van der Waals surface area contributed by atoms with Crippen LogP contribution in [0.25, 0.3) is 43.6 Å². The minimum Gasteiger partial charge on any atom is -0.464 e. The average Bonchev–Trinajstić information content (AvgIpc) is 0.777. The highest BCUT2D eigenvalue weighted by molar-refractivity contribution is 5.92. The predicted molar refractivity (Wildman–Crippen MR) is 512 cm³/mol. The number of piperazine rings is 4. The largest absolute Gasteiger partial charge is 0.464 e. The Balaban J connectivity index is 0.000000145. The van der Waals surface area contributed by atoms with Gasteiger partial charge in [-0.15, -0.1) is 0 Å². The number of rotatable bonds is 37. The van der Waals surface area contributed by atoms with E-state index in [-0.39, 0.29) is 18.5 Å². The van der Waals surface area contributed by atoms with Gasteiger partial charge in [0.15, 0.2) is 49.0 Å². The van der Waals surface area contributed by atoms with E-state index >= 15 is 0 Å². The minimum atomic E-state index is -0.0328. The zero-order valence-electron chi connectivity index (χ0n) is 77.5. The molecule has 4 aromatic heterocycles. The monoisotopic (exact) mass is 1710 g/mol. The summed E-state index contributed by atoms with van der Waals surface area (Å²) in [6.07, 6.45) is 38.2. The van der Waals surface area contributed by atoms with Crippen LogP contribution in [0.5, 0.6) is 0 Å². The van der Waals surface area contributed by atoms with E-state index in [9.17, 15) is 9.59 Å². The Bertz CT molecular complexity index is 4680. The molecule has 4 aliphatic carbocycles. The van der Waals surface area contributed by atoms with E-state index in [1.807, 2.05) is 0 Å². The second-order valence-electron chi connectivity index (χ2n) is 37.3. The van der Waals surface area contributed by atoms with Crippen LogP contribution in [-0.4, -0.2) is 234 Å². The van der Waals surface area contributed by atoms with Gasteiger partial charge >= 0.3 is 11.9 Å². The standard InChI is InChI=1S/C32H50N4O2.C29H44N4O2.C22H32N4O.C21H30N4/c1-2-3-4-5-6-7-8-18-31(37)38-26-25-35-23-21-34(22-24-35)19-13-20-36-29-16-11-9-14-27(29)32(33)28-15-10-12-17-30(28)36;1-2-3-4-5-15-28(34)35-23-22-32-20-18-31(19-21-32)16-10-17-33-26-13-8-6-11-24(26)29(30)25-12-7-9-14-27(25)33;23-22-18-6-1-3-8-20(18)26(21-9-4-2-7-19(21)22)11-5-10-24-12-14-25(15-13-24)16-17-27;1-23-13-15-24(16-14-23)11-6-12-25-19-9-4-2-7-17(19)21(22)18-8-3-5-10-20(18)25/h9,11,14,16,33H,2-8,10,12-13,15,17-26H2,1H3;6,8,11,13,30H,2-5,7,9-10,12,14-23H2,1H3;1,3,6,8,23,27H,2,4-5,7,9-17H2;2,4,7,9,22H,3,5-6,8,10-16H2,1H3/p+4. The maximum Gasteiger partial charge on any atom is 0.305 e. The van der Waals surface area contributed by atoms with E-state index in [0.29, 0.717) is 26.1 Å². The van der Waals surface area contributed by atoms with Gasteiger partial charge in [0, 0.05) is 261 Å². The van der Waals surface area contributed by atoms with Crippen molar-refractivity contribution in [3.63, 3.8) is 0 Å². The molecule has 0 bridgehead atoms. The number of aromatic nitrogens is 4. The summed E-state index contributed by atoms with van der Waals surface area (Å²) in [5.41, 5.74) is 47.1. The molecule has 0 amide bonds. The van der Waals surface area contributed by atoms with E-state index in [1.54, 1.807) is 0 Å². The van der Waals surface area contributed by atoms with Crippen LogP contribution in [0, 0.1) is 0 Å². The van der Waals surface area contributed by atoms with Gasteiger partial charge in [-0.3, -0.25) is 24.3 Å². The zero-order chi connectivity index (χ0) is 86.9. The second kappa shape index (κ2) is 50.3. The van der Waals surface area contributed by atoms with Gasteiger partial charge in [0.05, 0.1) is 50.9 Å². The molecule has 8 aromatic rings. The van der Waals surface area contributed by atoms with Crippen LogP contribution in [0.15, 0.2) is 97.1 Å². The van der Waals surface area contributed by atoms with Crippen molar-refractivity contribution in [3.8, 4) is 0 Å². The molecule has 16 rings (SSSR count). The van der Waals surface area contributed by atoms with Crippen LogP contribution in [0.4, 0.5) is 22.7 Å². The van der Waals surface area contributed by atoms with Gasteiger partial charge in [0.2, 0.25) is 22.1 Å². The number of ether oxygens (including phenoxy) is 2. The lowest BCUT2D eigenvalue weighted by molar-refractivity contribution is -0.680. The van der Waals surface area contributed by atoms with Crippen molar-refractivity contribution in [1.82, 2.24) is 39.2 Å². The van der Waals surface area contributed by atoms with Crippen molar-refractivity contribution in [2.45, 2.75) is 252 Å². The first-order chi connectivity index (χ1) is 61.4. The zero-order valence-corrected chi connectivity index (χ0v) is 77.5. The topological polar surface area (TPSA) is 218 Å². The second-order valence-corrected chi connectivity index (χ2v) is 37.3. The number of nitrogens with zero attached hydrogens (tertiary/aromatic N) is 12. The quantitative estimate of drug-likeness (QED) is 0.0139. The lowest BCUT2D eigenvalue weighted by Crippen LogP contribution is -2.48. The van der Waals surface area contributed by atoms with E-state index in [1.165, 1.54) is 237 Å². The number of pyridine rings is 4. The highest BCUT2D eigenvalue weighted by Crippen LogP contribution is 2.35. The number of β-amino-alcohol motifs (C(OH)–C–C–N with tert-alkyl or cyclic N) is 1. The summed E-state index contributed by atoms with van der Waals surface area (Å²) in [7, 11) is 2.22. The molecule has 0 atom stereocenters. The molecule has 0 radical (unpaired) electrons. The van der Waals surface area contributed by atoms with E-state index in [4.69, 9.17) is 37.5 Å². The lowest BCUT2D eigenvalue weighted by atomic mass is 9.92. The van der Waals surface area contributed by atoms with Gasteiger partial charge in [-0.05, 0) is 121 Å².